The number of rotatable bonds is 6. The number of carbonyl (C=O) groups is 3. The van der Waals surface area contributed by atoms with Gasteiger partial charge in [0.05, 0.1) is 5.56 Å². The Morgan fingerprint density at radius 3 is 2.64 bits per heavy atom. The zero-order chi connectivity index (χ0) is 25.7. The summed E-state index contributed by atoms with van der Waals surface area (Å²) in [5.41, 5.74) is 3.71. The van der Waals surface area contributed by atoms with Crippen LogP contribution in [0, 0.1) is 6.92 Å². The molecule has 7 nitrogen and oxygen atoms in total. The molecule has 186 valence electrons. The first-order chi connectivity index (χ1) is 17.3. The van der Waals surface area contributed by atoms with Crippen LogP contribution in [0.3, 0.4) is 0 Å². The summed E-state index contributed by atoms with van der Waals surface area (Å²) in [6.45, 7) is 4.52. The van der Waals surface area contributed by atoms with Gasteiger partial charge >= 0.3 is 0 Å². The van der Waals surface area contributed by atoms with Crippen molar-refractivity contribution in [1.82, 2.24) is 10.3 Å². The Labute approximate surface area is 215 Å². The van der Waals surface area contributed by atoms with E-state index in [9.17, 15) is 14.4 Å². The van der Waals surface area contributed by atoms with Crippen LogP contribution in [0.2, 0.25) is 5.02 Å². The minimum atomic E-state index is -0.247. The number of halogens is 1. The van der Waals surface area contributed by atoms with Crippen LogP contribution in [-0.4, -0.2) is 35.8 Å². The van der Waals surface area contributed by atoms with Crippen molar-refractivity contribution in [2.75, 3.05) is 23.3 Å². The number of benzene rings is 2. The van der Waals surface area contributed by atoms with Crippen LogP contribution >= 0.6 is 11.6 Å². The number of aromatic nitrogens is 1. The van der Waals surface area contributed by atoms with Crippen molar-refractivity contribution < 1.29 is 14.4 Å². The summed E-state index contributed by atoms with van der Waals surface area (Å²) in [5, 5.41) is 6.26. The first-order valence-corrected chi connectivity index (χ1v) is 12.4. The molecule has 1 atom stereocenters. The summed E-state index contributed by atoms with van der Waals surface area (Å²) < 4.78 is 0. The van der Waals surface area contributed by atoms with Crippen molar-refractivity contribution in [3.05, 3.63) is 88.1 Å². The summed E-state index contributed by atoms with van der Waals surface area (Å²) in [5.74, 6) is 0.0906. The highest BCUT2D eigenvalue weighted by molar-refractivity contribution is 6.30. The van der Waals surface area contributed by atoms with Gasteiger partial charge < -0.3 is 15.5 Å². The molecule has 1 unspecified atom stereocenters. The van der Waals surface area contributed by atoms with E-state index in [1.807, 2.05) is 37.3 Å². The molecule has 3 aromatic rings. The number of hydrogen-bond acceptors (Lipinski definition) is 4. The molecule has 2 N–H and O–H groups in total. The average Bonchev–Trinajstić information content (AvgIpc) is 3.03. The van der Waals surface area contributed by atoms with Crippen LogP contribution in [0.1, 0.15) is 63.9 Å². The largest absolute Gasteiger partial charge is 0.356 e. The summed E-state index contributed by atoms with van der Waals surface area (Å²) in [7, 11) is 0. The van der Waals surface area contributed by atoms with E-state index < -0.39 is 0 Å². The van der Waals surface area contributed by atoms with Crippen molar-refractivity contribution in [3.8, 4) is 0 Å². The summed E-state index contributed by atoms with van der Waals surface area (Å²) in [6, 6.07) is 16.2. The second kappa shape index (κ2) is 11.4. The van der Waals surface area contributed by atoms with Crippen LogP contribution in [-0.2, 0) is 4.79 Å². The van der Waals surface area contributed by atoms with Gasteiger partial charge in [-0.1, -0.05) is 29.8 Å². The Bertz CT molecular complexity index is 1280. The zero-order valence-corrected chi connectivity index (χ0v) is 21.1. The normalized spacial score (nSPS) is 15.0. The quantitative estimate of drug-likeness (QED) is 0.473. The van der Waals surface area contributed by atoms with Gasteiger partial charge in [-0.25, -0.2) is 4.98 Å². The third-order valence-electron chi connectivity index (χ3n) is 6.41. The summed E-state index contributed by atoms with van der Waals surface area (Å²) in [6.07, 6.45) is 3.97. The Morgan fingerprint density at radius 1 is 1.11 bits per heavy atom. The molecule has 0 radical (unpaired) electrons. The van der Waals surface area contributed by atoms with Gasteiger partial charge in [0.15, 0.2) is 0 Å². The van der Waals surface area contributed by atoms with Gasteiger partial charge in [0, 0.05) is 42.5 Å². The number of anilines is 2. The van der Waals surface area contributed by atoms with E-state index in [4.69, 9.17) is 11.6 Å². The van der Waals surface area contributed by atoms with Crippen molar-refractivity contribution in [3.63, 3.8) is 0 Å². The smallest absolute Gasteiger partial charge is 0.259 e. The molecule has 1 aromatic heterocycles. The molecule has 4 rings (SSSR count). The molecule has 2 heterocycles. The first kappa shape index (κ1) is 25.4. The molecular formula is C28H29ClN4O3. The Kier molecular flexibility index (Phi) is 8.00. The fraction of sp³-hybridized carbons (Fsp3) is 0.286. The van der Waals surface area contributed by atoms with Crippen molar-refractivity contribution in [1.29, 1.82) is 0 Å². The monoisotopic (exact) mass is 504 g/mol. The van der Waals surface area contributed by atoms with E-state index in [2.05, 4.69) is 15.6 Å². The fourth-order valence-corrected chi connectivity index (χ4v) is 4.75. The molecule has 0 saturated heterocycles. The molecule has 0 bridgehead atoms. The van der Waals surface area contributed by atoms with Crippen LogP contribution in [0.4, 0.5) is 11.5 Å². The molecule has 0 fully saturated rings. The maximum absolute atomic E-state index is 13.5. The summed E-state index contributed by atoms with van der Waals surface area (Å²) >= 11 is 6.32. The van der Waals surface area contributed by atoms with Crippen LogP contribution in [0.5, 0.6) is 0 Å². The predicted molar refractivity (Wildman–Crippen MR) is 142 cm³/mol. The highest BCUT2D eigenvalue weighted by atomic mass is 35.5. The highest BCUT2D eigenvalue weighted by Gasteiger charge is 2.27. The molecule has 0 aliphatic carbocycles. The summed E-state index contributed by atoms with van der Waals surface area (Å²) in [4.78, 5) is 43.5. The van der Waals surface area contributed by atoms with Crippen LogP contribution in [0.15, 0.2) is 60.8 Å². The maximum Gasteiger partial charge on any atom is 0.259 e. The molecule has 1 aliphatic rings. The van der Waals surface area contributed by atoms with Gasteiger partial charge in [0.1, 0.15) is 5.82 Å². The number of aryl methyl sites for hydroxylation is 1. The second-order valence-electron chi connectivity index (χ2n) is 8.97. The molecule has 8 heteroatoms. The maximum atomic E-state index is 13.5. The van der Waals surface area contributed by atoms with E-state index in [1.165, 1.54) is 13.1 Å². The Balaban J connectivity index is 1.52. The fourth-order valence-electron chi connectivity index (χ4n) is 4.56. The van der Waals surface area contributed by atoms with E-state index in [0.717, 1.165) is 36.1 Å². The Hall–Kier alpha value is -3.71. The number of nitrogens with zero attached hydrogens (tertiary/aromatic N) is 2. The third-order valence-corrected chi connectivity index (χ3v) is 6.64. The lowest BCUT2D eigenvalue weighted by Crippen LogP contribution is -2.32. The predicted octanol–water partition coefficient (Wildman–Crippen LogP) is 5.35. The molecule has 2 aromatic carbocycles. The van der Waals surface area contributed by atoms with Crippen molar-refractivity contribution >= 4 is 40.8 Å². The first-order valence-electron chi connectivity index (χ1n) is 12.0. The second-order valence-corrected chi connectivity index (χ2v) is 9.41. The SMILES string of the molecule is CC(=O)NCCC1CCCN(C(=O)c2ccc(NC(=O)c3ccccc3C)nc2)c2ccc(Cl)cc21. The molecule has 3 amide bonds. The van der Waals surface area contributed by atoms with Gasteiger partial charge in [-0.15, -0.1) is 0 Å². The van der Waals surface area contributed by atoms with Crippen molar-refractivity contribution in [2.24, 2.45) is 0 Å². The lowest BCUT2D eigenvalue weighted by molar-refractivity contribution is -0.118. The number of amides is 3. The molecule has 36 heavy (non-hydrogen) atoms. The topological polar surface area (TPSA) is 91.4 Å². The van der Waals surface area contributed by atoms with E-state index in [1.54, 1.807) is 29.2 Å². The Morgan fingerprint density at radius 2 is 1.92 bits per heavy atom. The zero-order valence-electron chi connectivity index (χ0n) is 20.4. The minimum Gasteiger partial charge on any atom is -0.356 e. The van der Waals surface area contributed by atoms with Gasteiger partial charge in [0.2, 0.25) is 5.91 Å². The highest BCUT2D eigenvalue weighted by Crippen LogP contribution is 2.38. The van der Waals surface area contributed by atoms with Gasteiger partial charge in [-0.2, -0.15) is 0 Å². The number of nitrogens with one attached hydrogen (secondary N) is 2. The van der Waals surface area contributed by atoms with Gasteiger partial charge in [0.25, 0.3) is 11.8 Å². The number of fused-ring (bicyclic) bond motifs is 1. The van der Waals surface area contributed by atoms with Crippen LogP contribution in [0.25, 0.3) is 0 Å². The van der Waals surface area contributed by atoms with E-state index in [-0.39, 0.29) is 23.6 Å². The van der Waals surface area contributed by atoms with Crippen molar-refractivity contribution in [2.45, 2.75) is 39.0 Å². The number of carbonyl (C=O) groups excluding carboxylic acids is 3. The van der Waals surface area contributed by atoms with E-state index in [0.29, 0.717) is 35.1 Å². The average molecular weight is 505 g/mol. The number of hydrogen-bond donors (Lipinski definition) is 2. The van der Waals surface area contributed by atoms with E-state index >= 15 is 0 Å². The number of pyridine rings is 1. The lowest BCUT2D eigenvalue weighted by Gasteiger charge is -2.24. The molecule has 1 aliphatic heterocycles. The van der Waals surface area contributed by atoms with Gasteiger partial charge in [-0.3, -0.25) is 14.4 Å². The molecule has 0 saturated carbocycles. The van der Waals surface area contributed by atoms with Crippen LogP contribution < -0.4 is 15.5 Å². The minimum absolute atomic E-state index is 0.0576. The van der Waals surface area contributed by atoms with Gasteiger partial charge in [-0.05, 0) is 79.6 Å². The lowest BCUT2D eigenvalue weighted by atomic mass is 9.91. The third kappa shape index (κ3) is 5.91. The molecule has 0 spiro atoms. The molecular weight excluding hydrogens is 476 g/mol. The standard InChI is InChI=1S/C28H29ClN4O3/c1-18-6-3-4-8-23(18)27(35)32-26-12-9-21(17-31-26)28(36)33-15-5-7-20(13-14-30-19(2)34)24-16-22(29)10-11-25(24)33/h3-4,6,8-12,16-17,20H,5,7,13-15H2,1-2H3,(H,30,34)(H,31,32,35).